The Balaban J connectivity index is 0.00000300. The molecule has 1 aromatic rings. The molecule has 2 atom stereocenters. The summed E-state index contributed by atoms with van der Waals surface area (Å²) in [4.78, 5) is 4.39. The first kappa shape index (κ1) is 24.7. The van der Waals surface area contributed by atoms with Crippen LogP contribution in [0.5, 0.6) is 0 Å². The molecule has 3 rings (SSSR count). The van der Waals surface area contributed by atoms with Crippen molar-refractivity contribution in [2.75, 3.05) is 46.6 Å². The Morgan fingerprint density at radius 3 is 2.69 bits per heavy atom. The topological polar surface area (TPSA) is 64.1 Å². The summed E-state index contributed by atoms with van der Waals surface area (Å²) in [5.74, 6) is 0.775. The molecule has 2 saturated heterocycles. The second kappa shape index (κ2) is 12.3. The lowest BCUT2D eigenvalue weighted by atomic mass is 9.74. The average molecular weight is 538 g/mol. The second-order valence-electron chi connectivity index (χ2n) is 7.66. The number of aliphatic imine (C=N–C) groups is 1. The van der Waals surface area contributed by atoms with Crippen molar-refractivity contribution in [3.8, 4) is 0 Å². The summed E-state index contributed by atoms with van der Waals surface area (Å²) in [7, 11) is 1.79. The zero-order chi connectivity index (χ0) is 19.8. The van der Waals surface area contributed by atoms with Crippen LogP contribution >= 0.6 is 35.6 Å². The molecule has 2 heterocycles. The van der Waals surface area contributed by atoms with Gasteiger partial charge < -0.3 is 24.8 Å². The zero-order valence-corrected chi connectivity index (χ0v) is 20.4. The summed E-state index contributed by atoms with van der Waals surface area (Å²) in [6.45, 7) is 6.45. The summed E-state index contributed by atoms with van der Waals surface area (Å²) in [6.07, 6.45) is 3.05. The fourth-order valence-electron chi connectivity index (χ4n) is 3.84. The molecule has 2 fully saturated rings. The number of guanidine groups is 1. The fourth-order valence-corrected chi connectivity index (χ4v) is 4.18. The first-order valence-corrected chi connectivity index (χ1v) is 10.5. The van der Waals surface area contributed by atoms with Crippen LogP contribution < -0.4 is 10.6 Å². The third kappa shape index (κ3) is 6.95. The van der Waals surface area contributed by atoms with E-state index >= 15 is 0 Å². The highest BCUT2D eigenvalue weighted by Crippen LogP contribution is 2.38. The molecule has 0 spiro atoms. The lowest BCUT2D eigenvalue weighted by molar-refractivity contribution is 0.0346. The first-order chi connectivity index (χ1) is 13.6. The van der Waals surface area contributed by atoms with Crippen molar-refractivity contribution in [1.29, 1.82) is 0 Å². The zero-order valence-electron chi connectivity index (χ0n) is 17.3. The van der Waals surface area contributed by atoms with Gasteiger partial charge in [-0.05, 0) is 37.8 Å². The summed E-state index contributed by atoms with van der Waals surface area (Å²) in [6, 6.07) is 8.28. The predicted octanol–water partition coefficient (Wildman–Crippen LogP) is 3.37. The van der Waals surface area contributed by atoms with Gasteiger partial charge in [-0.25, -0.2) is 0 Å². The molecular formula is C21H33ClIN3O3. The molecule has 2 unspecified atom stereocenters. The molecular weight excluding hydrogens is 505 g/mol. The quantitative estimate of drug-likeness (QED) is 0.317. The van der Waals surface area contributed by atoms with E-state index in [1.165, 1.54) is 5.56 Å². The summed E-state index contributed by atoms with van der Waals surface area (Å²) >= 11 is 6.54. The molecule has 1 aromatic carbocycles. The minimum atomic E-state index is -0.0604. The van der Waals surface area contributed by atoms with E-state index in [4.69, 9.17) is 25.8 Å². The fraction of sp³-hybridized carbons (Fsp3) is 0.667. The van der Waals surface area contributed by atoms with Crippen LogP contribution in [0, 0.1) is 0 Å². The number of nitrogens with one attached hydrogen (secondary N) is 2. The molecule has 0 saturated carbocycles. The van der Waals surface area contributed by atoms with Crippen LogP contribution in [0.15, 0.2) is 29.3 Å². The standard InChI is InChI=1S/C21H32ClN3O3.HI/c1-16(13-28-17-7-10-27-14-17)25-20(23-2)24-15-21(8-11-26-12-9-21)18-5-3-4-6-19(18)22;/h3-6,16-17H,7-15H2,1-2H3,(H2,23,24,25);1H. The SMILES string of the molecule is CN=C(NCC1(c2ccccc2Cl)CCOCC1)NC(C)COC1CCOC1.I. The predicted molar refractivity (Wildman–Crippen MR) is 128 cm³/mol. The van der Waals surface area contributed by atoms with Crippen molar-refractivity contribution in [3.05, 3.63) is 34.9 Å². The van der Waals surface area contributed by atoms with Gasteiger partial charge in [-0.3, -0.25) is 4.99 Å². The Hall–Kier alpha value is -0.610. The highest BCUT2D eigenvalue weighted by Gasteiger charge is 2.36. The molecule has 2 N–H and O–H groups in total. The number of hydrogen-bond acceptors (Lipinski definition) is 4. The van der Waals surface area contributed by atoms with Crippen LogP contribution in [0.2, 0.25) is 5.02 Å². The molecule has 164 valence electrons. The Labute approximate surface area is 196 Å². The Kier molecular flexibility index (Phi) is 10.5. The average Bonchev–Trinajstić information content (AvgIpc) is 3.24. The molecule has 2 aliphatic heterocycles. The van der Waals surface area contributed by atoms with Crippen LogP contribution in [0.4, 0.5) is 0 Å². The van der Waals surface area contributed by atoms with Crippen LogP contribution in [0.3, 0.4) is 0 Å². The van der Waals surface area contributed by atoms with Crippen molar-refractivity contribution < 1.29 is 14.2 Å². The number of hydrogen-bond donors (Lipinski definition) is 2. The third-order valence-corrected chi connectivity index (χ3v) is 5.90. The molecule has 6 nitrogen and oxygen atoms in total. The highest BCUT2D eigenvalue weighted by molar-refractivity contribution is 14.0. The monoisotopic (exact) mass is 537 g/mol. The van der Waals surface area contributed by atoms with E-state index < -0.39 is 0 Å². The Morgan fingerprint density at radius 2 is 2.03 bits per heavy atom. The van der Waals surface area contributed by atoms with Gasteiger partial charge in [0.2, 0.25) is 0 Å². The number of halogens is 2. The minimum Gasteiger partial charge on any atom is -0.381 e. The number of rotatable bonds is 7. The number of nitrogens with zero attached hydrogens (tertiary/aromatic N) is 1. The van der Waals surface area contributed by atoms with Crippen LogP contribution in [0.25, 0.3) is 0 Å². The van der Waals surface area contributed by atoms with E-state index in [2.05, 4.69) is 34.7 Å². The van der Waals surface area contributed by atoms with Gasteiger partial charge in [0.05, 0.1) is 19.3 Å². The summed E-state index contributed by atoms with van der Waals surface area (Å²) in [5.41, 5.74) is 1.12. The van der Waals surface area contributed by atoms with Gasteiger partial charge in [0, 0.05) is 49.9 Å². The summed E-state index contributed by atoms with van der Waals surface area (Å²) in [5, 5.41) is 7.75. The third-order valence-electron chi connectivity index (χ3n) is 5.57. The van der Waals surface area contributed by atoms with Crippen molar-refractivity contribution in [2.24, 2.45) is 4.99 Å². The summed E-state index contributed by atoms with van der Waals surface area (Å²) < 4.78 is 16.9. The van der Waals surface area contributed by atoms with Crippen molar-refractivity contribution in [1.82, 2.24) is 10.6 Å². The van der Waals surface area contributed by atoms with E-state index in [-0.39, 0.29) is 41.5 Å². The molecule has 0 amide bonds. The van der Waals surface area contributed by atoms with Crippen molar-refractivity contribution in [2.45, 2.75) is 43.7 Å². The van der Waals surface area contributed by atoms with Crippen LogP contribution in [-0.2, 0) is 19.6 Å². The Bertz CT molecular complexity index is 650. The van der Waals surface area contributed by atoms with E-state index in [0.29, 0.717) is 13.2 Å². The maximum atomic E-state index is 6.54. The lowest BCUT2D eigenvalue weighted by Crippen LogP contribution is -2.50. The van der Waals surface area contributed by atoms with Crippen molar-refractivity contribution in [3.63, 3.8) is 0 Å². The molecule has 0 bridgehead atoms. The van der Waals surface area contributed by atoms with Gasteiger partial charge in [0.15, 0.2) is 5.96 Å². The highest BCUT2D eigenvalue weighted by atomic mass is 127. The molecule has 0 aromatic heterocycles. The van der Waals surface area contributed by atoms with Gasteiger partial charge in [0.25, 0.3) is 0 Å². The lowest BCUT2D eigenvalue weighted by Gasteiger charge is -2.39. The second-order valence-corrected chi connectivity index (χ2v) is 8.07. The van der Waals surface area contributed by atoms with Gasteiger partial charge in [-0.2, -0.15) is 0 Å². The first-order valence-electron chi connectivity index (χ1n) is 10.1. The Morgan fingerprint density at radius 1 is 1.28 bits per heavy atom. The van der Waals surface area contributed by atoms with E-state index in [1.807, 2.05) is 12.1 Å². The minimum absolute atomic E-state index is 0. The van der Waals surface area contributed by atoms with E-state index in [1.54, 1.807) is 7.05 Å². The molecule has 8 heteroatoms. The van der Waals surface area contributed by atoms with E-state index in [0.717, 1.165) is 56.6 Å². The van der Waals surface area contributed by atoms with E-state index in [9.17, 15) is 0 Å². The van der Waals surface area contributed by atoms with Gasteiger partial charge in [0.1, 0.15) is 0 Å². The molecule has 0 radical (unpaired) electrons. The largest absolute Gasteiger partial charge is 0.381 e. The maximum absolute atomic E-state index is 6.54. The molecule has 2 aliphatic rings. The number of ether oxygens (including phenoxy) is 3. The smallest absolute Gasteiger partial charge is 0.191 e. The van der Waals surface area contributed by atoms with Crippen LogP contribution in [-0.4, -0.2) is 64.7 Å². The molecule has 0 aliphatic carbocycles. The van der Waals surface area contributed by atoms with Gasteiger partial charge >= 0.3 is 0 Å². The molecule has 29 heavy (non-hydrogen) atoms. The normalized spacial score (nSPS) is 22.6. The van der Waals surface area contributed by atoms with Crippen LogP contribution in [0.1, 0.15) is 31.7 Å². The van der Waals surface area contributed by atoms with Gasteiger partial charge in [-0.15, -0.1) is 24.0 Å². The number of benzene rings is 1. The van der Waals surface area contributed by atoms with Gasteiger partial charge in [-0.1, -0.05) is 29.8 Å². The maximum Gasteiger partial charge on any atom is 0.191 e. The van der Waals surface area contributed by atoms with Crippen molar-refractivity contribution >= 4 is 41.5 Å².